The Hall–Kier alpha value is -0.720. The van der Waals surface area contributed by atoms with Crippen molar-refractivity contribution in [3.8, 4) is 0 Å². The van der Waals surface area contributed by atoms with Crippen LogP contribution in [0.4, 0.5) is 0 Å². The molecule has 2 aromatic rings. The van der Waals surface area contributed by atoms with Gasteiger partial charge in [0, 0.05) is 21.8 Å². The van der Waals surface area contributed by atoms with E-state index in [-0.39, 0.29) is 6.04 Å². The Morgan fingerprint density at radius 2 is 2.43 bits per heavy atom. The Morgan fingerprint density at radius 1 is 1.64 bits per heavy atom. The molecule has 2 heterocycles. The zero-order valence-electron chi connectivity index (χ0n) is 7.51. The highest BCUT2D eigenvalue weighted by atomic mass is 79.9. The molecule has 0 fully saturated rings. The molecule has 0 aromatic carbocycles. The standard InChI is InChI=1S/C8H9BrN4S/c1-13-3-6(11-12-13)8(10)7-2-5(9)4-14-7/h2-4,8H,10H2,1H3. The summed E-state index contributed by atoms with van der Waals surface area (Å²) in [5.74, 6) is 0. The first-order valence-corrected chi connectivity index (χ1v) is 5.70. The topological polar surface area (TPSA) is 56.7 Å². The van der Waals surface area contributed by atoms with Gasteiger partial charge >= 0.3 is 0 Å². The van der Waals surface area contributed by atoms with Crippen molar-refractivity contribution in [2.75, 3.05) is 0 Å². The van der Waals surface area contributed by atoms with Crippen molar-refractivity contribution in [2.24, 2.45) is 12.8 Å². The molecule has 0 aliphatic rings. The van der Waals surface area contributed by atoms with E-state index >= 15 is 0 Å². The Balaban J connectivity index is 2.28. The van der Waals surface area contributed by atoms with Crippen LogP contribution in [0.25, 0.3) is 0 Å². The minimum atomic E-state index is -0.181. The van der Waals surface area contributed by atoms with Crippen molar-refractivity contribution in [1.29, 1.82) is 0 Å². The van der Waals surface area contributed by atoms with Crippen molar-refractivity contribution in [3.05, 3.63) is 32.7 Å². The van der Waals surface area contributed by atoms with Gasteiger partial charge in [0.05, 0.1) is 12.2 Å². The van der Waals surface area contributed by atoms with Crippen LogP contribution in [0.1, 0.15) is 16.6 Å². The first kappa shape index (κ1) is 9.82. The molecule has 0 bridgehead atoms. The molecule has 2 aromatic heterocycles. The minimum absolute atomic E-state index is 0.181. The summed E-state index contributed by atoms with van der Waals surface area (Å²) in [4.78, 5) is 1.08. The average Bonchev–Trinajstić information content (AvgIpc) is 2.73. The molecule has 1 atom stereocenters. The lowest BCUT2D eigenvalue weighted by atomic mass is 10.2. The van der Waals surface area contributed by atoms with Crippen LogP contribution >= 0.6 is 27.3 Å². The summed E-state index contributed by atoms with van der Waals surface area (Å²) in [6.45, 7) is 0. The third-order valence-corrected chi connectivity index (χ3v) is 3.61. The molecule has 0 amide bonds. The summed E-state index contributed by atoms with van der Waals surface area (Å²) in [6.07, 6.45) is 1.83. The average molecular weight is 273 g/mol. The second-order valence-corrected chi connectivity index (χ2v) is 4.82. The monoisotopic (exact) mass is 272 g/mol. The van der Waals surface area contributed by atoms with E-state index in [1.165, 1.54) is 0 Å². The predicted octanol–water partition coefficient (Wildman–Crippen LogP) is 1.69. The number of hydrogen-bond acceptors (Lipinski definition) is 4. The normalized spacial score (nSPS) is 13.1. The lowest BCUT2D eigenvalue weighted by Gasteiger charge is -2.03. The quantitative estimate of drug-likeness (QED) is 0.905. The molecule has 1 unspecified atom stereocenters. The number of rotatable bonds is 2. The highest BCUT2D eigenvalue weighted by Gasteiger charge is 2.14. The van der Waals surface area contributed by atoms with Crippen LogP contribution in [0.2, 0.25) is 0 Å². The highest BCUT2D eigenvalue weighted by Crippen LogP contribution is 2.27. The molecule has 2 rings (SSSR count). The van der Waals surface area contributed by atoms with Gasteiger partial charge in [-0.3, -0.25) is 4.68 Å². The molecule has 4 nitrogen and oxygen atoms in total. The highest BCUT2D eigenvalue weighted by molar-refractivity contribution is 9.10. The maximum absolute atomic E-state index is 6.02. The van der Waals surface area contributed by atoms with Crippen molar-refractivity contribution < 1.29 is 0 Å². The van der Waals surface area contributed by atoms with E-state index < -0.39 is 0 Å². The third kappa shape index (κ3) is 1.87. The Labute approximate surface area is 93.9 Å². The van der Waals surface area contributed by atoms with Crippen LogP contribution in [-0.4, -0.2) is 15.0 Å². The fourth-order valence-corrected chi connectivity index (χ4v) is 2.60. The molecule has 0 saturated heterocycles. The Kier molecular flexibility index (Phi) is 2.66. The number of thiophene rings is 1. The van der Waals surface area contributed by atoms with Crippen molar-refractivity contribution >= 4 is 27.3 Å². The van der Waals surface area contributed by atoms with Crippen molar-refractivity contribution in [2.45, 2.75) is 6.04 Å². The zero-order chi connectivity index (χ0) is 10.1. The Bertz CT molecular complexity index is 396. The summed E-state index contributed by atoms with van der Waals surface area (Å²) < 4.78 is 2.70. The number of aryl methyl sites for hydroxylation is 1. The van der Waals surface area contributed by atoms with Gasteiger partial charge < -0.3 is 5.73 Å². The van der Waals surface area contributed by atoms with Gasteiger partial charge in [0.15, 0.2) is 0 Å². The van der Waals surface area contributed by atoms with Gasteiger partial charge in [-0.05, 0) is 22.0 Å². The number of nitrogens with zero attached hydrogens (tertiary/aromatic N) is 3. The molecule has 2 N–H and O–H groups in total. The van der Waals surface area contributed by atoms with E-state index in [0.29, 0.717) is 0 Å². The van der Waals surface area contributed by atoms with E-state index in [4.69, 9.17) is 5.73 Å². The second-order valence-electron chi connectivity index (χ2n) is 2.96. The Morgan fingerprint density at radius 3 is 2.93 bits per heavy atom. The number of hydrogen-bond donors (Lipinski definition) is 1. The summed E-state index contributed by atoms with van der Waals surface area (Å²) in [6, 6.07) is 1.82. The van der Waals surface area contributed by atoms with E-state index in [9.17, 15) is 0 Å². The molecule has 0 radical (unpaired) electrons. The molecule has 0 aliphatic carbocycles. The molecule has 74 valence electrons. The van der Waals surface area contributed by atoms with Crippen molar-refractivity contribution in [3.63, 3.8) is 0 Å². The van der Waals surface area contributed by atoms with Crippen LogP contribution in [0.5, 0.6) is 0 Å². The lowest BCUT2D eigenvalue weighted by Crippen LogP contribution is -2.10. The predicted molar refractivity (Wildman–Crippen MR) is 59.1 cm³/mol. The molecular formula is C8H9BrN4S. The minimum Gasteiger partial charge on any atom is -0.318 e. The van der Waals surface area contributed by atoms with Gasteiger partial charge in [0.2, 0.25) is 0 Å². The summed E-state index contributed by atoms with van der Waals surface area (Å²) in [7, 11) is 1.83. The number of aromatic nitrogens is 3. The fraction of sp³-hybridized carbons (Fsp3) is 0.250. The van der Waals surface area contributed by atoms with Gasteiger partial charge in [0.1, 0.15) is 5.69 Å². The lowest BCUT2D eigenvalue weighted by molar-refractivity contribution is 0.711. The number of halogens is 1. The van der Waals surface area contributed by atoms with Crippen LogP contribution in [0.15, 0.2) is 22.1 Å². The molecule has 6 heteroatoms. The zero-order valence-corrected chi connectivity index (χ0v) is 9.92. The smallest absolute Gasteiger partial charge is 0.105 e. The van der Waals surface area contributed by atoms with Gasteiger partial charge in [-0.2, -0.15) is 0 Å². The van der Waals surface area contributed by atoms with Crippen LogP contribution < -0.4 is 5.73 Å². The second kappa shape index (κ2) is 3.80. The largest absolute Gasteiger partial charge is 0.318 e. The van der Waals surface area contributed by atoms with Gasteiger partial charge in [-0.1, -0.05) is 5.21 Å². The SMILES string of the molecule is Cn1cc(C(N)c2cc(Br)cs2)nn1. The van der Waals surface area contributed by atoms with E-state index in [0.717, 1.165) is 15.0 Å². The first-order valence-electron chi connectivity index (χ1n) is 4.02. The maximum atomic E-state index is 6.02. The summed E-state index contributed by atoms with van der Waals surface area (Å²) in [5, 5.41) is 9.84. The van der Waals surface area contributed by atoms with E-state index in [1.807, 2.05) is 24.7 Å². The molecular weight excluding hydrogens is 264 g/mol. The molecule has 0 spiro atoms. The number of nitrogens with two attached hydrogens (primary N) is 1. The van der Waals surface area contributed by atoms with Crippen molar-refractivity contribution in [1.82, 2.24) is 15.0 Å². The fourth-order valence-electron chi connectivity index (χ4n) is 1.14. The first-order chi connectivity index (χ1) is 6.66. The van der Waals surface area contributed by atoms with Crippen LogP contribution in [-0.2, 0) is 7.05 Å². The third-order valence-electron chi connectivity index (χ3n) is 1.83. The molecule has 0 saturated carbocycles. The van der Waals surface area contributed by atoms with Crippen LogP contribution in [0.3, 0.4) is 0 Å². The van der Waals surface area contributed by atoms with Gasteiger partial charge in [-0.25, -0.2) is 0 Å². The molecule has 14 heavy (non-hydrogen) atoms. The maximum Gasteiger partial charge on any atom is 0.105 e. The van der Waals surface area contributed by atoms with Gasteiger partial charge in [0.25, 0.3) is 0 Å². The summed E-state index contributed by atoms with van der Waals surface area (Å²) >= 11 is 5.00. The summed E-state index contributed by atoms with van der Waals surface area (Å²) in [5.41, 5.74) is 6.81. The van der Waals surface area contributed by atoms with E-state index in [1.54, 1.807) is 16.0 Å². The molecule has 0 aliphatic heterocycles. The van der Waals surface area contributed by atoms with E-state index in [2.05, 4.69) is 26.2 Å². The van der Waals surface area contributed by atoms with Crippen LogP contribution in [0, 0.1) is 0 Å². The van der Waals surface area contributed by atoms with Gasteiger partial charge in [-0.15, -0.1) is 16.4 Å².